The van der Waals surface area contributed by atoms with Crippen LogP contribution in [0.1, 0.15) is 103 Å². The summed E-state index contributed by atoms with van der Waals surface area (Å²) in [5, 5.41) is 35.8. The van der Waals surface area contributed by atoms with Gasteiger partial charge in [-0.25, -0.2) is 4.79 Å². The zero-order valence-electron chi connectivity index (χ0n) is 29.6. The summed E-state index contributed by atoms with van der Waals surface area (Å²) in [5.74, 6) is 1.90. The fourth-order valence-electron chi connectivity index (χ4n) is 5.26. The van der Waals surface area contributed by atoms with Crippen molar-refractivity contribution in [2.75, 3.05) is 33.5 Å². The van der Waals surface area contributed by atoms with Crippen LogP contribution in [0, 0.1) is 17.8 Å². The van der Waals surface area contributed by atoms with Crippen molar-refractivity contribution < 1.29 is 44.0 Å². The number of carbonyl (C=O) groups is 4. The number of allylic oxidation sites excluding steroid dienone is 1. The SMILES string of the molecule is CC#CCOc1ccc(C[C@H](NC(=O)[C@@H](C=CCCCCCCC(=O)CCCCCCC)[C@@](O)(CCOC)C(=O)O)C(=O)NCCO)cc1. The standard InChI is InChI=1S/C38H58N2O9/c1-4-6-8-11-14-17-31(42)18-15-12-9-10-13-16-19-33(38(47,37(45)46)24-28-48-3)35(43)40-34(36(44)39-25-26-41)29-30-20-22-32(23-21-30)49-27-7-5-2/h16,19-23,33-34,41,47H,4,6,8-15,17-18,24-29H2,1-3H3,(H,39,44)(H,40,43)(H,45,46)/t33-,34+,38+/m1/s1. The first kappa shape index (κ1) is 43.3. The van der Waals surface area contributed by atoms with E-state index in [-0.39, 0.29) is 39.2 Å². The van der Waals surface area contributed by atoms with E-state index in [1.54, 1.807) is 37.3 Å². The van der Waals surface area contributed by atoms with E-state index in [9.17, 15) is 34.5 Å². The Balaban J connectivity index is 2.95. The van der Waals surface area contributed by atoms with E-state index in [4.69, 9.17) is 9.47 Å². The van der Waals surface area contributed by atoms with Crippen LogP contribution in [-0.2, 0) is 30.3 Å². The number of aliphatic carboxylic acids is 1. The Bertz CT molecular complexity index is 1210. The molecule has 0 saturated carbocycles. The molecule has 0 aromatic heterocycles. The third-order valence-electron chi connectivity index (χ3n) is 8.21. The number of rotatable bonds is 28. The Morgan fingerprint density at radius 2 is 1.61 bits per heavy atom. The summed E-state index contributed by atoms with van der Waals surface area (Å²) < 4.78 is 10.6. The second-order valence-electron chi connectivity index (χ2n) is 12.2. The number of Topliss-reactive ketones (excluding diaryl/α,β-unsaturated/α-hetero) is 1. The summed E-state index contributed by atoms with van der Waals surface area (Å²) in [6, 6.07) is 5.77. The van der Waals surface area contributed by atoms with Crippen molar-refractivity contribution in [3.05, 3.63) is 42.0 Å². The van der Waals surface area contributed by atoms with E-state index in [0.717, 1.165) is 38.5 Å². The molecule has 0 bridgehead atoms. The number of aliphatic hydroxyl groups excluding tert-OH is 1. The molecular formula is C38H58N2O9. The highest BCUT2D eigenvalue weighted by molar-refractivity contribution is 5.93. The number of aliphatic hydroxyl groups is 2. The first-order valence-corrected chi connectivity index (χ1v) is 17.6. The fraction of sp³-hybridized carbons (Fsp3) is 0.632. The molecule has 0 spiro atoms. The molecule has 0 aliphatic rings. The van der Waals surface area contributed by atoms with E-state index in [1.165, 1.54) is 32.4 Å². The van der Waals surface area contributed by atoms with Gasteiger partial charge >= 0.3 is 5.97 Å². The second-order valence-corrected chi connectivity index (χ2v) is 12.2. The van der Waals surface area contributed by atoms with Gasteiger partial charge in [0, 0.05) is 45.9 Å². The van der Waals surface area contributed by atoms with Crippen molar-refractivity contribution in [1.82, 2.24) is 10.6 Å². The van der Waals surface area contributed by atoms with Crippen molar-refractivity contribution in [2.45, 2.75) is 115 Å². The van der Waals surface area contributed by atoms with E-state index in [0.29, 0.717) is 36.4 Å². The number of carboxylic acid groups (broad SMARTS) is 1. The summed E-state index contributed by atoms with van der Waals surface area (Å²) in [7, 11) is 1.36. The Morgan fingerprint density at radius 1 is 0.959 bits per heavy atom. The average molecular weight is 687 g/mol. The lowest BCUT2D eigenvalue weighted by atomic mass is 9.83. The van der Waals surface area contributed by atoms with Gasteiger partial charge in [-0.2, -0.15) is 0 Å². The molecule has 0 aliphatic carbocycles. The number of nitrogens with one attached hydrogen (secondary N) is 2. The van der Waals surface area contributed by atoms with Crippen molar-refractivity contribution in [3.8, 4) is 17.6 Å². The molecule has 1 aromatic carbocycles. The number of ketones is 1. The Labute approximate surface area is 292 Å². The van der Waals surface area contributed by atoms with Crippen molar-refractivity contribution in [3.63, 3.8) is 0 Å². The molecule has 1 rings (SSSR count). The first-order chi connectivity index (χ1) is 23.6. The normalized spacial score (nSPS) is 13.5. The van der Waals surface area contributed by atoms with Crippen LogP contribution in [-0.4, -0.2) is 84.0 Å². The fourth-order valence-corrected chi connectivity index (χ4v) is 5.26. The van der Waals surface area contributed by atoms with Gasteiger partial charge in [-0.05, 0) is 50.3 Å². The van der Waals surface area contributed by atoms with E-state index in [1.807, 2.05) is 0 Å². The largest absolute Gasteiger partial charge is 0.481 e. The number of ether oxygens (including phenoxy) is 2. The van der Waals surface area contributed by atoms with Gasteiger partial charge in [0.05, 0.1) is 12.5 Å². The third-order valence-corrected chi connectivity index (χ3v) is 8.21. The molecular weight excluding hydrogens is 628 g/mol. The van der Waals surface area contributed by atoms with Gasteiger partial charge in [0.1, 0.15) is 24.2 Å². The molecule has 0 radical (unpaired) electrons. The number of carboxylic acids is 1. The van der Waals surface area contributed by atoms with Gasteiger partial charge in [0.15, 0.2) is 5.60 Å². The lowest BCUT2D eigenvalue weighted by molar-refractivity contribution is -0.168. The van der Waals surface area contributed by atoms with Crippen LogP contribution in [0.15, 0.2) is 36.4 Å². The predicted octanol–water partition coefficient (Wildman–Crippen LogP) is 4.52. The Hall–Kier alpha value is -3.72. The van der Waals surface area contributed by atoms with Crippen LogP contribution in [0.4, 0.5) is 0 Å². The molecule has 0 unspecified atom stereocenters. The highest BCUT2D eigenvalue weighted by atomic mass is 16.5. The number of methoxy groups -OCH3 is 1. The van der Waals surface area contributed by atoms with E-state index < -0.39 is 35.3 Å². The van der Waals surface area contributed by atoms with E-state index >= 15 is 0 Å². The lowest BCUT2D eigenvalue weighted by Gasteiger charge is -2.31. The van der Waals surface area contributed by atoms with Gasteiger partial charge in [-0.15, -0.1) is 5.92 Å². The summed E-state index contributed by atoms with van der Waals surface area (Å²) in [5.41, 5.74) is -1.81. The van der Waals surface area contributed by atoms with Crippen LogP contribution in [0.3, 0.4) is 0 Å². The molecule has 5 N–H and O–H groups in total. The number of hydrogen-bond donors (Lipinski definition) is 5. The molecule has 2 amide bonds. The summed E-state index contributed by atoms with van der Waals surface area (Å²) in [6.45, 7) is 3.64. The van der Waals surface area contributed by atoms with Crippen LogP contribution < -0.4 is 15.4 Å². The van der Waals surface area contributed by atoms with Crippen molar-refractivity contribution in [2.24, 2.45) is 5.92 Å². The topological polar surface area (TPSA) is 171 Å². The molecule has 11 heteroatoms. The highest BCUT2D eigenvalue weighted by Gasteiger charge is 2.47. The maximum Gasteiger partial charge on any atom is 0.336 e. The summed E-state index contributed by atoms with van der Waals surface area (Å²) >= 11 is 0. The molecule has 0 saturated heterocycles. The average Bonchev–Trinajstić information content (AvgIpc) is 3.09. The Morgan fingerprint density at radius 3 is 2.20 bits per heavy atom. The maximum absolute atomic E-state index is 13.7. The van der Waals surface area contributed by atoms with E-state index in [2.05, 4.69) is 29.4 Å². The van der Waals surface area contributed by atoms with Crippen LogP contribution >= 0.6 is 0 Å². The Kier molecular flexibility index (Phi) is 23.1. The second kappa shape index (κ2) is 26.2. The minimum Gasteiger partial charge on any atom is -0.481 e. The number of unbranched alkanes of at least 4 members (excludes halogenated alkanes) is 8. The predicted molar refractivity (Wildman–Crippen MR) is 189 cm³/mol. The van der Waals surface area contributed by atoms with Crippen molar-refractivity contribution >= 4 is 23.6 Å². The number of benzene rings is 1. The zero-order chi connectivity index (χ0) is 36.3. The minimum absolute atomic E-state index is 0.0418. The summed E-state index contributed by atoms with van der Waals surface area (Å²) in [6.07, 6.45) is 13.5. The molecule has 0 heterocycles. The molecule has 1 aromatic rings. The molecule has 11 nitrogen and oxygen atoms in total. The number of amides is 2. The van der Waals surface area contributed by atoms with Gasteiger partial charge in [0.25, 0.3) is 0 Å². The molecule has 0 aliphatic heterocycles. The quantitative estimate of drug-likeness (QED) is 0.0483. The smallest absolute Gasteiger partial charge is 0.336 e. The van der Waals surface area contributed by atoms with Crippen LogP contribution in [0.5, 0.6) is 5.75 Å². The van der Waals surface area contributed by atoms with Crippen LogP contribution in [0.2, 0.25) is 0 Å². The third kappa shape index (κ3) is 18.0. The lowest BCUT2D eigenvalue weighted by Crippen LogP contribution is -2.56. The van der Waals surface area contributed by atoms with Gasteiger partial charge in [0.2, 0.25) is 11.8 Å². The number of hydrogen-bond acceptors (Lipinski definition) is 8. The van der Waals surface area contributed by atoms with Crippen molar-refractivity contribution in [1.29, 1.82) is 0 Å². The molecule has 0 fully saturated rings. The molecule has 49 heavy (non-hydrogen) atoms. The zero-order valence-corrected chi connectivity index (χ0v) is 29.6. The molecule has 274 valence electrons. The van der Waals surface area contributed by atoms with Gasteiger partial charge in [-0.1, -0.05) is 75.7 Å². The summed E-state index contributed by atoms with van der Waals surface area (Å²) in [4.78, 5) is 51.3. The number of carbonyl (C=O) groups excluding carboxylic acids is 3. The minimum atomic E-state index is -2.50. The van der Waals surface area contributed by atoms with Gasteiger partial charge in [-0.3, -0.25) is 14.4 Å². The monoisotopic (exact) mass is 686 g/mol. The highest BCUT2D eigenvalue weighted by Crippen LogP contribution is 2.26. The van der Waals surface area contributed by atoms with Gasteiger partial charge < -0.3 is 35.4 Å². The first-order valence-electron chi connectivity index (χ1n) is 17.6. The van der Waals surface area contributed by atoms with Crippen LogP contribution in [0.25, 0.3) is 0 Å². The maximum atomic E-state index is 13.7. The molecule has 3 atom stereocenters.